The predicted molar refractivity (Wildman–Crippen MR) is 58.1 cm³/mol. The first kappa shape index (κ1) is 11.5. The molecule has 82 valence electrons. The van der Waals surface area contributed by atoms with E-state index in [-0.39, 0.29) is 11.9 Å². The van der Waals surface area contributed by atoms with Gasteiger partial charge in [0.05, 0.1) is 0 Å². The van der Waals surface area contributed by atoms with E-state index in [9.17, 15) is 4.79 Å². The Morgan fingerprint density at radius 1 is 1.57 bits per heavy atom. The van der Waals surface area contributed by atoms with Gasteiger partial charge in [-0.1, -0.05) is 6.92 Å². The van der Waals surface area contributed by atoms with Crippen LogP contribution in [0.1, 0.15) is 40.0 Å². The van der Waals surface area contributed by atoms with Crippen molar-refractivity contribution in [1.29, 1.82) is 0 Å². The normalized spacial score (nSPS) is 27.7. The molecule has 0 saturated carbocycles. The van der Waals surface area contributed by atoms with Gasteiger partial charge >= 0.3 is 0 Å². The van der Waals surface area contributed by atoms with E-state index in [4.69, 9.17) is 0 Å². The van der Waals surface area contributed by atoms with E-state index in [1.807, 2.05) is 13.8 Å². The van der Waals surface area contributed by atoms with Gasteiger partial charge in [0.25, 0.3) is 0 Å². The zero-order valence-corrected chi connectivity index (χ0v) is 9.47. The van der Waals surface area contributed by atoms with Gasteiger partial charge in [-0.3, -0.25) is 4.79 Å². The highest BCUT2D eigenvalue weighted by Crippen LogP contribution is 2.17. The molecule has 0 aromatic carbocycles. The molecule has 1 aliphatic heterocycles. The lowest BCUT2D eigenvalue weighted by molar-refractivity contribution is -0.122. The van der Waals surface area contributed by atoms with Crippen LogP contribution in [0.2, 0.25) is 0 Å². The predicted octanol–water partition coefficient (Wildman–Crippen LogP) is 1.29. The lowest BCUT2D eigenvalue weighted by Gasteiger charge is -2.29. The SMILES string of the molecule is CC(C)NC(=O)CC1NCCCC1C. The molecular formula is C11H22N2O. The van der Waals surface area contributed by atoms with E-state index in [2.05, 4.69) is 17.6 Å². The van der Waals surface area contributed by atoms with E-state index in [1.165, 1.54) is 12.8 Å². The van der Waals surface area contributed by atoms with Crippen LogP contribution in [0.4, 0.5) is 0 Å². The van der Waals surface area contributed by atoms with Crippen molar-refractivity contribution in [2.75, 3.05) is 6.54 Å². The molecule has 0 aromatic rings. The van der Waals surface area contributed by atoms with Crippen LogP contribution >= 0.6 is 0 Å². The summed E-state index contributed by atoms with van der Waals surface area (Å²) in [4.78, 5) is 11.5. The maximum Gasteiger partial charge on any atom is 0.221 e. The summed E-state index contributed by atoms with van der Waals surface area (Å²) in [7, 11) is 0. The smallest absolute Gasteiger partial charge is 0.221 e. The van der Waals surface area contributed by atoms with Crippen LogP contribution in [0, 0.1) is 5.92 Å². The van der Waals surface area contributed by atoms with Crippen molar-refractivity contribution in [2.24, 2.45) is 5.92 Å². The lowest BCUT2D eigenvalue weighted by atomic mass is 9.90. The monoisotopic (exact) mass is 198 g/mol. The summed E-state index contributed by atoms with van der Waals surface area (Å²) in [6.45, 7) is 7.27. The third kappa shape index (κ3) is 3.66. The largest absolute Gasteiger partial charge is 0.354 e. The maximum absolute atomic E-state index is 11.5. The zero-order valence-electron chi connectivity index (χ0n) is 9.47. The van der Waals surface area contributed by atoms with Crippen LogP contribution in [-0.2, 0) is 4.79 Å². The number of amides is 1. The Kier molecular flexibility index (Phi) is 4.39. The highest BCUT2D eigenvalue weighted by molar-refractivity contribution is 5.76. The first-order chi connectivity index (χ1) is 6.59. The number of rotatable bonds is 3. The highest BCUT2D eigenvalue weighted by Gasteiger charge is 2.23. The fraction of sp³-hybridized carbons (Fsp3) is 0.909. The molecule has 1 saturated heterocycles. The molecule has 1 aliphatic rings. The van der Waals surface area contributed by atoms with Gasteiger partial charge in [0.1, 0.15) is 0 Å². The third-order valence-electron chi connectivity index (χ3n) is 2.78. The standard InChI is InChI=1S/C11H22N2O/c1-8(2)13-11(14)7-10-9(3)5-4-6-12-10/h8-10,12H,4-7H2,1-3H3,(H,13,14). The van der Waals surface area contributed by atoms with Crippen molar-refractivity contribution in [3.05, 3.63) is 0 Å². The minimum atomic E-state index is 0.172. The van der Waals surface area contributed by atoms with Crippen LogP contribution in [0.15, 0.2) is 0 Å². The van der Waals surface area contributed by atoms with Crippen LogP contribution in [0.3, 0.4) is 0 Å². The Morgan fingerprint density at radius 2 is 2.29 bits per heavy atom. The van der Waals surface area contributed by atoms with Gasteiger partial charge in [0, 0.05) is 18.5 Å². The fourth-order valence-electron chi connectivity index (χ4n) is 1.97. The molecule has 2 unspecified atom stereocenters. The molecule has 0 aliphatic carbocycles. The molecule has 1 amide bonds. The topological polar surface area (TPSA) is 41.1 Å². The molecule has 2 N–H and O–H groups in total. The molecule has 0 spiro atoms. The second-order valence-electron chi connectivity index (χ2n) is 4.61. The molecular weight excluding hydrogens is 176 g/mol. The summed E-state index contributed by atoms with van der Waals surface area (Å²) in [6, 6.07) is 0.629. The second kappa shape index (κ2) is 5.35. The van der Waals surface area contributed by atoms with Crippen molar-refractivity contribution in [3.8, 4) is 0 Å². The fourth-order valence-corrected chi connectivity index (χ4v) is 1.97. The van der Waals surface area contributed by atoms with Gasteiger partial charge in [-0.05, 0) is 39.2 Å². The maximum atomic E-state index is 11.5. The Bertz CT molecular complexity index is 192. The van der Waals surface area contributed by atoms with Gasteiger partial charge in [-0.15, -0.1) is 0 Å². The minimum absolute atomic E-state index is 0.172. The van der Waals surface area contributed by atoms with E-state index >= 15 is 0 Å². The highest BCUT2D eigenvalue weighted by atomic mass is 16.1. The van der Waals surface area contributed by atoms with Gasteiger partial charge in [0.2, 0.25) is 5.91 Å². The van der Waals surface area contributed by atoms with E-state index in [1.54, 1.807) is 0 Å². The van der Waals surface area contributed by atoms with E-state index in [0.29, 0.717) is 18.4 Å². The number of nitrogens with one attached hydrogen (secondary N) is 2. The molecule has 14 heavy (non-hydrogen) atoms. The van der Waals surface area contributed by atoms with Crippen molar-refractivity contribution >= 4 is 5.91 Å². The minimum Gasteiger partial charge on any atom is -0.354 e. The molecule has 2 atom stereocenters. The number of piperidine rings is 1. The van der Waals surface area contributed by atoms with Crippen molar-refractivity contribution in [3.63, 3.8) is 0 Å². The van der Waals surface area contributed by atoms with Gasteiger partial charge < -0.3 is 10.6 Å². The first-order valence-electron chi connectivity index (χ1n) is 5.62. The lowest BCUT2D eigenvalue weighted by Crippen LogP contribution is -2.44. The molecule has 1 rings (SSSR count). The van der Waals surface area contributed by atoms with Gasteiger partial charge in [-0.2, -0.15) is 0 Å². The number of carbonyl (C=O) groups is 1. The number of hydrogen-bond donors (Lipinski definition) is 2. The molecule has 0 radical (unpaired) electrons. The summed E-state index contributed by atoms with van der Waals surface area (Å²) in [5.41, 5.74) is 0. The summed E-state index contributed by atoms with van der Waals surface area (Å²) in [5, 5.41) is 6.34. The number of hydrogen-bond acceptors (Lipinski definition) is 2. The summed E-state index contributed by atoms with van der Waals surface area (Å²) < 4.78 is 0. The second-order valence-corrected chi connectivity index (χ2v) is 4.61. The average molecular weight is 198 g/mol. The molecule has 1 heterocycles. The quantitative estimate of drug-likeness (QED) is 0.717. The van der Waals surface area contributed by atoms with Crippen LogP contribution in [0.25, 0.3) is 0 Å². The average Bonchev–Trinajstić information content (AvgIpc) is 2.07. The molecule has 0 aromatic heterocycles. The van der Waals surface area contributed by atoms with Crippen LogP contribution < -0.4 is 10.6 Å². The molecule has 1 fully saturated rings. The summed E-state index contributed by atoms with van der Waals surface area (Å²) >= 11 is 0. The Morgan fingerprint density at radius 3 is 2.86 bits per heavy atom. The Hall–Kier alpha value is -0.570. The zero-order chi connectivity index (χ0) is 10.6. The third-order valence-corrected chi connectivity index (χ3v) is 2.78. The summed E-state index contributed by atoms with van der Waals surface area (Å²) in [5.74, 6) is 0.799. The van der Waals surface area contributed by atoms with Gasteiger partial charge in [-0.25, -0.2) is 0 Å². The van der Waals surface area contributed by atoms with Crippen LogP contribution in [-0.4, -0.2) is 24.5 Å². The van der Waals surface area contributed by atoms with Gasteiger partial charge in [0.15, 0.2) is 0 Å². The molecule has 0 bridgehead atoms. The molecule has 3 heteroatoms. The first-order valence-corrected chi connectivity index (χ1v) is 5.62. The van der Waals surface area contributed by atoms with Crippen molar-refractivity contribution in [1.82, 2.24) is 10.6 Å². The van der Waals surface area contributed by atoms with Crippen molar-refractivity contribution < 1.29 is 4.79 Å². The van der Waals surface area contributed by atoms with E-state index < -0.39 is 0 Å². The number of carbonyl (C=O) groups excluding carboxylic acids is 1. The van der Waals surface area contributed by atoms with E-state index in [0.717, 1.165) is 6.54 Å². The molecule has 3 nitrogen and oxygen atoms in total. The Balaban J connectivity index is 2.31. The summed E-state index contributed by atoms with van der Waals surface area (Å²) in [6.07, 6.45) is 3.11. The van der Waals surface area contributed by atoms with Crippen LogP contribution in [0.5, 0.6) is 0 Å². The van der Waals surface area contributed by atoms with Crippen molar-refractivity contribution in [2.45, 2.75) is 52.1 Å². The Labute approximate surface area is 86.6 Å².